The SMILES string of the molecule is C=C(C)COc1ccc(C(=O)N(C)CCCc2nccn2C)cc1. The van der Waals surface area contributed by atoms with Gasteiger partial charge in [-0.15, -0.1) is 0 Å². The number of aryl methyl sites for hydroxylation is 2. The molecule has 1 amide bonds. The molecule has 0 N–H and O–H groups in total. The van der Waals surface area contributed by atoms with Gasteiger partial charge in [-0.3, -0.25) is 4.79 Å². The molecule has 0 radical (unpaired) electrons. The number of carbonyl (C=O) groups excluding carboxylic acids is 1. The van der Waals surface area contributed by atoms with Gasteiger partial charge in [0.1, 0.15) is 18.2 Å². The molecule has 2 aromatic rings. The number of rotatable bonds is 8. The first kappa shape index (κ1) is 17.8. The molecule has 1 heterocycles. The number of amides is 1. The molecule has 0 aliphatic heterocycles. The Morgan fingerprint density at radius 3 is 2.62 bits per heavy atom. The number of benzene rings is 1. The lowest BCUT2D eigenvalue weighted by Crippen LogP contribution is -2.28. The maximum absolute atomic E-state index is 12.4. The minimum absolute atomic E-state index is 0.0151. The van der Waals surface area contributed by atoms with Gasteiger partial charge in [-0.05, 0) is 43.2 Å². The van der Waals surface area contributed by atoms with E-state index in [-0.39, 0.29) is 5.91 Å². The van der Waals surface area contributed by atoms with Crippen LogP contribution in [0.2, 0.25) is 0 Å². The van der Waals surface area contributed by atoms with E-state index < -0.39 is 0 Å². The minimum atomic E-state index is 0.0151. The summed E-state index contributed by atoms with van der Waals surface area (Å²) in [5.74, 6) is 1.79. The van der Waals surface area contributed by atoms with Crippen molar-refractivity contribution in [3.8, 4) is 5.75 Å². The van der Waals surface area contributed by atoms with Gasteiger partial charge in [0.2, 0.25) is 0 Å². The molecular weight excluding hydrogens is 302 g/mol. The highest BCUT2D eigenvalue weighted by Gasteiger charge is 2.12. The Morgan fingerprint density at radius 2 is 2.04 bits per heavy atom. The van der Waals surface area contributed by atoms with E-state index in [1.54, 1.807) is 23.2 Å². The van der Waals surface area contributed by atoms with Crippen molar-refractivity contribution in [2.45, 2.75) is 19.8 Å². The molecule has 1 aromatic carbocycles. The number of carbonyl (C=O) groups is 1. The van der Waals surface area contributed by atoms with Crippen molar-refractivity contribution >= 4 is 5.91 Å². The van der Waals surface area contributed by atoms with Crippen LogP contribution in [0.25, 0.3) is 0 Å². The largest absolute Gasteiger partial charge is 0.489 e. The van der Waals surface area contributed by atoms with E-state index >= 15 is 0 Å². The van der Waals surface area contributed by atoms with Gasteiger partial charge in [0.15, 0.2) is 0 Å². The molecule has 0 aliphatic rings. The average Bonchev–Trinajstić information content (AvgIpc) is 2.98. The zero-order valence-electron chi connectivity index (χ0n) is 14.7. The number of aromatic nitrogens is 2. The minimum Gasteiger partial charge on any atom is -0.489 e. The lowest BCUT2D eigenvalue weighted by Gasteiger charge is -2.17. The second kappa shape index (κ2) is 8.34. The van der Waals surface area contributed by atoms with Crippen molar-refractivity contribution in [3.63, 3.8) is 0 Å². The maximum atomic E-state index is 12.4. The summed E-state index contributed by atoms with van der Waals surface area (Å²) in [6.07, 6.45) is 5.46. The Bertz CT molecular complexity index is 689. The number of hydrogen-bond acceptors (Lipinski definition) is 3. The van der Waals surface area contributed by atoms with E-state index in [2.05, 4.69) is 11.6 Å². The first-order valence-electron chi connectivity index (χ1n) is 8.06. The van der Waals surface area contributed by atoms with E-state index in [9.17, 15) is 4.79 Å². The first-order chi connectivity index (χ1) is 11.5. The van der Waals surface area contributed by atoms with Crippen molar-refractivity contribution in [2.24, 2.45) is 7.05 Å². The number of imidazole rings is 1. The highest BCUT2D eigenvalue weighted by atomic mass is 16.5. The highest BCUT2D eigenvalue weighted by Crippen LogP contribution is 2.14. The van der Waals surface area contributed by atoms with E-state index in [4.69, 9.17) is 4.74 Å². The van der Waals surface area contributed by atoms with Crippen molar-refractivity contribution < 1.29 is 9.53 Å². The van der Waals surface area contributed by atoms with Crippen molar-refractivity contribution in [3.05, 3.63) is 60.2 Å². The quantitative estimate of drug-likeness (QED) is 0.700. The summed E-state index contributed by atoms with van der Waals surface area (Å²) in [5, 5.41) is 0. The molecule has 2 rings (SSSR count). The molecule has 24 heavy (non-hydrogen) atoms. The van der Waals surface area contributed by atoms with Crippen LogP contribution in [-0.4, -0.2) is 40.6 Å². The predicted molar refractivity (Wildman–Crippen MR) is 95.2 cm³/mol. The number of hydrogen-bond donors (Lipinski definition) is 0. The van der Waals surface area contributed by atoms with Gasteiger partial charge >= 0.3 is 0 Å². The van der Waals surface area contributed by atoms with Gasteiger partial charge < -0.3 is 14.2 Å². The highest BCUT2D eigenvalue weighted by molar-refractivity contribution is 5.94. The van der Waals surface area contributed by atoms with Crippen LogP contribution in [0.5, 0.6) is 5.75 Å². The van der Waals surface area contributed by atoms with Gasteiger partial charge in [-0.25, -0.2) is 4.98 Å². The lowest BCUT2D eigenvalue weighted by atomic mass is 10.2. The van der Waals surface area contributed by atoms with Crippen LogP contribution in [0.15, 0.2) is 48.8 Å². The van der Waals surface area contributed by atoms with E-state index in [1.165, 1.54) is 0 Å². The second-order valence-corrected chi connectivity index (χ2v) is 6.05. The van der Waals surface area contributed by atoms with Crippen LogP contribution >= 0.6 is 0 Å². The Hall–Kier alpha value is -2.56. The molecule has 0 saturated heterocycles. The van der Waals surface area contributed by atoms with Crippen molar-refractivity contribution in [2.75, 3.05) is 20.2 Å². The molecule has 5 nitrogen and oxygen atoms in total. The number of ether oxygens (including phenoxy) is 1. The Morgan fingerprint density at radius 1 is 1.33 bits per heavy atom. The molecule has 1 aromatic heterocycles. The summed E-state index contributed by atoms with van der Waals surface area (Å²) in [5.41, 5.74) is 1.62. The Balaban J connectivity index is 1.83. The van der Waals surface area contributed by atoms with Crippen LogP contribution in [0, 0.1) is 0 Å². The molecule has 0 aliphatic carbocycles. The Kier molecular flexibility index (Phi) is 6.18. The molecule has 0 atom stereocenters. The van der Waals surface area contributed by atoms with Crippen molar-refractivity contribution in [1.82, 2.24) is 14.5 Å². The summed E-state index contributed by atoms with van der Waals surface area (Å²) >= 11 is 0. The lowest BCUT2D eigenvalue weighted by molar-refractivity contribution is 0.0793. The van der Waals surface area contributed by atoms with Crippen LogP contribution in [0.4, 0.5) is 0 Å². The van der Waals surface area contributed by atoms with Crippen LogP contribution < -0.4 is 4.74 Å². The molecular formula is C19H25N3O2. The smallest absolute Gasteiger partial charge is 0.253 e. The third-order valence-electron chi connectivity index (χ3n) is 3.75. The van der Waals surface area contributed by atoms with E-state index in [0.29, 0.717) is 18.7 Å². The fraction of sp³-hybridized carbons (Fsp3) is 0.368. The van der Waals surface area contributed by atoms with Gasteiger partial charge in [0.25, 0.3) is 5.91 Å². The monoisotopic (exact) mass is 327 g/mol. The third kappa shape index (κ3) is 4.98. The molecule has 5 heteroatoms. The molecule has 0 saturated carbocycles. The summed E-state index contributed by atoms with van der Waals surface area (Å²) in [6.45, 7) is 6.89. The number of nitrogens with zero attached hydrogens (tertiary/aromatic N) is 3. The van der Waals surface area contributed by atoms with Gasteiger partial charge in [-0.2, -0.15) is 0 Å². The summed E-state index contributed by atoms with van der Waals surface area (Å²) in [6, 6.07) is 7.23. The summed E-state index contributed by atoms with van der Waals surface area (Å²) in [4.78, 5) is 18.5. The maximum Gasteiger partial charge on any atom is 0.253 e. The molecule has 0 fully saturated rings. The van der Waals surface area contributed by atoms with Gasteiger partial charge in [0, 0.05) is 45.0 Å². The van der Waals surface area contributed by atoms with Gasteiger partial charge in [-0.1, -0.05) is 6.58 Å². The molecule has 0 bridgehead atoms. The standard InChI is InChI=1S/C19H25N3O2/c1-15(2)14-24-17-9-7-16(8-10-17)19(23)22(4)12-5-6-18-20-11-13-21(18)3/h7-11,13H,1,5-6,12,14H2,2-4H3. The van der Waals surface area contributed by atoms with E-state index in [0.717, 1.165) is 30.0 Å². The zero-order chi connectivity index (χ0) is 17.5. The topological polar surface area (TPSA) is 47.4 Å². The van der Waals surface area contributed by atoms with Crippen LogP contribution in [0.1, 0.15) is 29.5 Å². The van der Waals surface area contributed by atoms with Crippen molar-refractivity contribution in [1.29, 1.82) is 0 Å². The zero-order valence-corrected chi connectivity index (χ0v) is 14.7. The van der Waals surface area contributed by atoms with E-state index in [1.807, 2.05) is 43.9 Å². The third-order valence-corrected chi connectivity index (χ3v) is 3.75. The molecule has 0 spiro atoms. The fourth-order valence-corrected chi connectivity index (χ4v) is 2.33. The first-order valence-corrected chi connectivity index (χ1v) is 8.06. The molecule has 128 valence electrons. The summed E-state index contributed by atoms with van der Waals surface area (Å²) < 4.78 is 7.55. The fourth-order valence-electron chi connectivity index (χ4n) is 2.33. The second-order valence-electron chi connectivity index (χ2n) is 6.05. The average molecular weight is 327 g/mol. The molecule has 0 unspecified atom stereocenters. The Labute approximate surface area is 143 Å². The predicted octanol–water partition coefficient (Wildman–Crippen LogP) is 3.08. The summed E-state index contributed by atoms with van der Waals surface area (Å²) in [7, 11) is 3.81. The normalized spacial score (nSPS) is 10.5. The van der Waals surface area contributed by atoms with Crippen LogP contribution in [-0.2, 0) is 13.5 Å². The van der Waals surface area contributed by atoms with Crippen LogP contribution in [0.3, 0.4) is 0 Å². The van der Waals surface area contributed by atoms with Gasteiger partial charge in [0.05, 0.1) is 0 Å².